The van der Waals surface area contributed by atoms with Gasteiger partial charge < -0.3 is 0 Å². The minimum absolute atomic E-state index is 0.799. The Hall–Kier alpha value is 0.0600. The molecule has 4 rings (SSSR count). The summed E-state index contributed by atoms with van der Waals surface area (Å²) in [5.74, 6) is 1.60. The Morgan fingerprint density at radius 2 is 1.25 bits per heavy atom. The third kappa shape index (κ3) is 2.54. The van der Waals surface area contributed by atoms with Gasteiger partial charge >= 0.3 is 152 Å². The van der Waals surface area contributed by atoms with Crippen molar-refractivity contribution < 1.29 is 17.4 Å². The first kappa shape index (κ1) is 17.5. The van der Waals surface area contributed by atoms with Crippen LogP contribution in [0, 0.1) is 11.8 Å². The Labute approximate surface area is 151 Å². The van der Waals surface area contributed by atoms with Crippen LogP contribution in [0.15, 0.2) is 46.6 Å². The number of hydrogen-bond acceptors (Lipinski definition) is 0. The number of hydrogen-bond donors (Lipinski definition) is 0. The van der Waals surface area contributed by atoms with Crippen LogP contribution in [0.4, 0.5) is 0 Å². The molecule has 24 heavy (non-hydrogen) atoms. The second-order valence-electron chi connectivity index (χ2n) is 10.2. The van der Waals surface area contributed by atoms with Crippen molar-refractivity contribution in [2.24, 2.45) is 11.8 Å². The van der Waals surface area contributed by atoms with Crippen LogP contribution in [0.3, 0.4) is 0 Å². The molecule has 0 heterocycles. The number of allylic oxidation sites excluding steroid dienone is 8. The molecule has 0 bridgehead atoms. The van der Waals surface area contributed by atoms with Crippen molar-refractivity contribution in [2.45, 2.75) is 68.9 Å². The molecule has 4 unspecified atom stereocenters. The molecule has 0 saturated heterocycles. The molecule has 0 radical (unpaired) electrons. The normalized spacial score (nSPS) is 36.4. The molecule has 0 N–H and O–H groups in total. The Kier molecular flexibility index (Phi) is 4.21. The van der Waals surface area contributed by atoms with E-state index in [2.05, 4.69) is 54.3 Å². The molecule has 130 valence electrons. The van der Waals surface area contributed by atoms with E-state index in [-0.39, 0.29) is 0 Å². The van der Waals surface area contributed by atoms with Crippen molar-refractivity contribution in [2.75, 3.05) is 0 Å². The maximum atomic E-state index is 2.77. The fourth-order valence-corrected chi connectivity index (χ4v) is 22.5. The zero-order chi connectivity index (χ0) is 17.1. The van der Waals surface area contributed by atoms with Crippen LogP contribution >= 0.6 is 0 Å². The molecule has 0 saturated carbocycles. The molecule has 0 aromatic rings. The first-order valence-electron chi connectivity index (χ1n) is 10.2. The predicted octanol–water partition coefficient (Wildman–Crippen LogP) is 6.27. The van der Waals surface area contributed by atoms with Gasteiger partial charge in [0.05, 0.1) is 0 Å². The molecule has 0 aromatic carbocycles. The molecular weight excluding hydrogens is 384 g/mol. The van der Waals surface area contributed by atoms with Crippen LogP contribution < -0.4 is 0 Å². The van der Waals surface area contributed by atoms with Crippen LogP contribution in [0.25, 0.3) is 0 Å². The Bertz CT molecular complexity index is 697. The van der Waals surface area contributed by atoms with Gasteiger partial charge in [-0.15, -0.1) is 0 Å². The molecule has 0 amide bonds. The van der Waals surface area contributed by atoms with E-state index in [1.807, 2.05) is 11.1 Å². The van der Waals surface area contributed by atoms with E-state index in [1.165, 1.54) is 38.5 Å². The monoisotopic (exact) mass is 416 g/mol. The van der Waals surface area contributed by atoms with E-state index in [9.17, 15) is 0 Å². The fourth-order valence-electron chi connectivity index (χ4n) is 6.24. The summed E-state index contributed by atoms with van der Waals surface area (Å²) in [5, 5.41) is 0. The zero-order valence-electron chi connectivity index (χ0n) is 16.1. The van der Waals surface area contributed by atoms with E-state index < -0.39 is 17.4 Å². The predicted molar refractivity (Wildman–Crippen MR) is 106 cm³/mol. The molecule has 0 aromatic heterocycles. The summed E-state index contributed by atoms with van der Waals surface area (Å²) >= 11 is -2.92. The van der Waals surface area contributed by atoms with Crippen molar-refractivity contribution in [1.82, 2.24) is 0 Å². The maximum absolute atomic E-state index is 2.92. The van der Waals surface area contributed by atoms with Gasteiger partial charge in [0.15, 0.2) is 0 Å². The molecular formula is C22H34SiZr. The molecule has 4 aliphatic rings. The summed E-state index contributed by atoms with van der Waals surface area (Å²) < 4.78 is 7.19. The van der Waals surface area contributed by atoms with Gasteiger partial charge in [-0.25, -0.2) is 0 Å². The average Bonchev–Trinajstić information content (AvgIpc) is 3.12. The zero-order valence-corrected chi connectivity index (χ0v) is 19.9. The van der Waals surface area contributed by atoms with Crippen LogP contribution in [0.5, 0.6) is 0 Å². The van der Waals surface area contributed by atoms with Gasteiger partial charge in [0.25, 0.3) is 0 Å². The van der Waals surface area contributed by atoms with E-state index in [1.54, 1.807) is 11.1 Å². The Balaban J connectivity index is 1.76. The van der Waals surface area contributed by atoms with Crippen LogP contribution in [-0.4, -0.2) is 6.88 Å². The van der Waals surface area contributed by atoms with Crippen LogP contribution in [-0.2, 0) is 17.4 Å². The standard InChI is InChI=1S/2C10H13.2CH3.H2Si.Zr/c2*1-8-4-2-5-9-6-3-7-10(8)9;;;;/h2*3,6-8H,2,4-5H2,1H3;2*1H3;1H2;. The van der Waals surface area contributed by atoms with E-state index in [0.29, 0.717) is 0 Å². The van der Waals surface area contributed by atoms with E-state index in [4.69, 9.17) is 0 Å². The van der Waals surface area contributed by atoms with Crippen molar-refractivity contribution in [3.8, 4) is 0 Å². The van der Waals surface area contributed by atoms with Crippen LogP contribution in [0.2, 0.25) is 16.5 Å². The van der Waals surface area contributed by atoms with Crippen molar-refractivity contribution in [1.29, 1.82) is 0 Å². The number of rotatable bonds is 2. The molecule has 0 aliphatic heterocycles. The average molecular weight is 418 g/mol. The third-order valence-electron chi connectivity index (χ3n) is 7.70. The summed E-state index contributed by atoms with van der Waals surface area (Å²) in [4.78, 5) is 0. The van der Waals surface area contributed by atoms with Gasteiger partial charge in [-0.2, -0.15) is 0 Å². The molecule has 4 atom stereocenters. The second-order valence-corrected chi connectivity index (χ2v) is 40.9. The van der Waals surface area contributed by atoms with E-state index >= 15 is 0 Å². The Morgan fingerprint density at radius 3 is 1.67 bits per heavy atom. The second kappa shape index (κ2) is 5.78. The van der Waals surface area contributed by atoms with Gasteiger partial charge in [0.1, 0.15) is 0 Å². The first-order chi connectivity index (χ1) is 11.3. The van der Waals surface area contributed by atoms with Gasteiger partial charge in [-0.1, -0.05) is 0 Å². The summed E-state index contributed by atoms with van der Waals surface area (Å²) in [6.07, 6.45) is 18.8. The quantitative estimate of drug-likeness (QED) is 0.464. The van der Waals surface area contributed by atoms with Gasteiger partial charge in [-0.3, -0.25) is 0 Å². The summed E-state index contributed by atoms with van der Waals surface area (Å²) in [7, 11) is 0. The van der Waals surface area contributed by atoms with Crippen molar-refractivity contribution in [3.63, 3.8) is 0 Å². The van der Waals surface area contributed by atoms with Crippen molar-refractivity contribution in [3.05, 3.63) is 46.6 Å². The first-order valence-corrected chi connectivity index (χ1v) is 23.9. The fraction of sp³-hybridized carbons (Fsp3) is 0.636. The molecule has 0 fully saturated rings. The van der Waals surface area contributed by atoms with Gasteiger partial charge in [0, 0.05) is 0 Å². The van der Waals surface area contributed by atoms with Gasteiger partial charge in [-0.05, 0) is 0 Å². The topological polar surface area (TPSA) is 0 Å². The molecule has 0 spiro atoms. The Morgan fingerprint density at radius 1 is 0.833 bits per heavy atom. The van der Waals surface area contributed by atoms with Gasteiger partial charge in [0.2, 0.25) is 0 Å². The van der Waals surface area contributed by atoms with Crippen molar-refractivity contribution >= 4 is 6.88 Å². The summed E-state index contributed by atoms with van der Waals surface area (Å²) in [5.41, 5.74) is 7.20. The SMILES string of the molecule is CC1CCCC2=C1C=C[CH]2[Zr]([CH3])([CH3])(=[SiH2])[CH]1C=CC2=C1CCCC2C. The molecule has 0 nitrogen and oxygen atoms in total. The minimum atomic E-state index is -2.92. The summed E-state index contributed by atoms with van der Waals surface area (Å²) in [6, 6.07) is 0. The summed E-state index contributed by atoms with van der Waals surface area (Å²) in [6.45, 7) is 7.40. The molecule has 4 aliphatic carbocycles. The molecule has 2 heteroatoms. The van der Waals surface area contributed by atoms with E-state index in [0.717, 1.165) is 19.1 Å². The third-order valence-corrected chi connectivity index (χ3v) is 25.6. The van der Waals surface area contributed by atoms with Crippen LogP contribution in [0.1, 0.15) is 52.4 Å².